The van der Waals surface area contributed by atoms with Crippen molar-refractivity contribution in [2.75, 3.05) is 6.79 Å². The van der Waals surface area contributed by atoms with Crippen LogP contribution in [0, 0.1) is 5.82 Å². The normalized spacial score (nSPS) is 17.2. The first-order valence-electron chi connectivity index (χ1n) is 8.70. The summed E-state index contributed by atoms with van der Waals surface area (Å²) in [6.45, 7) is 0.344. The predicted octanol–water partition coefficient (Wildman–Crippen LogP) is 3.69. The minimum absolute atomic E-state index is 0.120. The average molecular weight is 377 g/mol. The van der Waals surface area contributed by atoms with Gasteiger partial charge in [-0.15, -0.1) is 0 Å². The lowest BCUT2D eigenvalue weighted by atomic mass is 10.1. The van der Waals surface area contributed by atoms with E-state index in [1.54, 1.807) is 18.2 Å². The SMILES string of the molecule is O=S(=O)(c1ccccc1F)N(Cc1ccc2c(c1)OCO2)C1CCCC1. The molecule has 1 heterocycles. The molecule has 26 heavy (non-hydrogen) atoms. The largest absolute Gasteiger partial charge is 0.454 e. The van der Waals surface area contributed by atoms with Gasteiger partial charge in [-0.1, -0.05) is 31.0 Å². The van der Waals surface area contributed by atoms with E-state index in [1.165, 1.54) is 22.5 Å². The van der Waals surface area contributed by atoms with Crippen molar-refractivity contribution >= 4 is 10.0 Å². The van der Waals surface area contributed by atoms with Crippen LogP contribution < -0.4 is 9.47 Å². The second-order valence-corrected chi connectivity index (χ2v) is 8.47. The molecule has 1 saturated carbocycles. The molecule has 0 radical (unpaired) electrons. The van der Waals surface area contributed by atoms with Gasteiger partial charge in [0.05, 0.1) is 0 Å². The van der Waals surface area contributed by atoms with E-state index < -0.39 is 15.8 Å². The van der Waals surface area contributed by atoms with Crippen molar-refractivity contribution in [3.63, 3.8) is 0 Å². The van der Waals surface area contributed by atoms with Gasteiger partial charge in [0.2, 0.25) is 16.8 Å². The number of nitrogens with zero attached hydrogens (tertiary/aromatic N) is 1. The molecule has 0 spiro atoms. The first-order chi connectivity index (χ1) is 12.6. The summed E-state index contributed by atoms with van der Waals surface area (Å²) in [5, 5.41) is 0. The van der Waals surface area contributed by atoms with Gasteiger partial charge in [-0.25, -0.2) is 12.8 Å². The first kappa shape index (κ1) is 17.3. The Labute approximate surface area is 152 Å². The summed E-state index contributed by atoms with van der Waals surface area (Å²) in [5.41, 5.74) is 0.793. The van der Waals surface area contributed by atoms with E-state index >= 15 is 0 Å². The van der Waals surface area contributed by atoms with Crippen molar-refractivity contribution in [2.45, 2.75) is 43.2 Å². The number of benzene rings is 2. The van der Waals surface area contributed by atoms with Crippen LogP contribution in [0.15, 0.2) is 47.4 Å². The van der Waals surface area contributed by atoms with Crippen LogP contribution in [0.1, 0.15) is 31.2 Å². The third-order valence-corrected chi connectivity index (χ3v) is 6.86. The van der Waals surface area contributed by atoms with Crippen molar-refractivity contribution in [3.8, 4) is 11.5 Å². The van der Waals surface area contributed by atoms with Crippen LogP contribution in [0.4, 0.5) is 4.39 Å². The van der Waals surface area contributed by atoms with Crippen LogP contribution in [0.25, 0.3) is 0 Å². The number of sulfonamides is 1. The Hall–Kier alpha value is -2.12. The van der Waals surface area contributed by atoms with Crippen molar-refractivity contribution in [1.29, 1.82) is 0 Å². The number of halogens is 1. The van der Waals surface area contributed by atoms with Crippen LogP contribution >= 0.6 is 0 Å². The van der Waals surface area contributed by atoms with E-state index in [1.807, 2.05) is 6.07 Å². The Balaban J connectivity index is 1.70. The Morgan fingerprint density at radius 3 is 2.54 bits per heavy atom. The highest BCUT2D eigenvalue weighted by Crippen LogP contribution is 2.35. The molecule has 7 heteroatoms. The lowest BCUT2D eigenvalue weighted by Crippen LogP contribution is -2.38. The van der Waals surface area contributed by atoms with Crippen molar-refractivity contribution in [2.24, 2.45) is 0 Å². The first-order valence-corrected chi connectivity index (χ1v) is 10.1. The van der Waals surface area contributed by atoms with E-state index in [0.29, 0.717) is 11.5 Å². The van der Waals surface area contributed by atoms with Crippen molar-refractivity contribution in [3.05, 3.63) is 53.8 Å². The molecular weight excluding hydrogens is 357 g/mol. The molecule has 0 amide bonds. The van der Waals surface area contributed by atoms with Crippen molar-refractivity contribution in [1.82, 2.24) is 4.31 Å². The zero-order chi connectivity index (χ0) is 18.1. The Bertz CT molecular complexity index is 910. The molecular formula is C19H20FNO4S. The molecule has 0 saturated heterocycles. The van der Waals surface area contributed by atoms with Gasteiger partial charge in [-0.2, -0.15) is 4.31 Å². The van der Waals surface area contributed by atoms with Gasteiger partial charge in [-0.3, -0.25) is 0 Å². The summed E-state index contributed by atoms with van der Waals surface area (Å²) in [7, 11) is -3.94. The molecule has 138 valence electrons. The maximum Gasteiger partial charge on any atom is 0.246 e. The standard InChI is InChI=1S/C19H20FNO4S/c20-16-7-3-4-8-19(16)26(22,23)21(15-5-1-2-6-15)12-14-9-10-17-18(11-14)25-13-24-17/h3-4,7-11,15H,1-2,5-6,12-13H2. The lowest BCUT2D eigenvalue weighted by Gasteiger charge is -2.28. The molecule has 4 rings (SSSR count). The van der Waals surface area contributed by atoms with Crippen LogP contribution in [0.5, 0.6) is 11.5 Å². The topological polar surface area (TPSA) is 55.8 Å². The molecule has 0 N–H and O–H groups in total. The molecule has 0 unspecified atom stereocenters. The molecule has 0 bridgehead atoms. The van der Waals surface area contributed by atoms with Gasteiger partial charge in [-0.05, 0) is 42.7 Å². The highest BCUT2D eigenvalue weighted by atomic mass is 32.2. The summed E-state index contributed by atoms with van der Waals surface area (Å²) >= 11 is 0. The molecule has 1 fully saturated rings. The average Bonchev–Trinajstić information content (AvgIpc) is 3.31. The van der Waals surface area contributed by atoms with Gasteiger partial charge in [0.1, 0.15) is 10.7 Å². The summed E-state index contributed by atoms with van der Waals surface area (Å²) in [6, 6.07) is 10.8. The summed E-state index contributed by atoms with van der Waals surface area (Å²) in [4.78, 5) is -0.271. The van der Waals surface area contributed by atoms with Gasteiger partial charge in [0, 0.05) is 12.6 Å². The molecule has 0 aromatic heterocycles. The molecule has 2 aliphatic rings. The monoisotopic (exact) mass is 377 g/mol. The fraction of sp³-hybridized carbons (Fsp3) is 0.368. The number of hydrogen-bond acceptors (Lipinski definition) is 4. The van der Waals surface area contributed by atoms with Gasteiger partial charge < -0.3 is 9.47 Å². The quantitative estimate of drug-likeness (QED) is 0.798. The van der Waals surface area contributed by atoms with Gasteiger partial charge in [0.25, 0.3) is 0 Å². The van der Waals surface area contributed by atoms with Crippen LogP contribution in [0.2, 0.25) is 0 Å². The molecule has 1 aliphatic carbocycles. The van der Waals surface area contributed by atoms with Crippen LogP contribution in [0.3, 0.4) is 0 Å². The highest BCUT2D eigenvalue weighted by Gasteiger charge is 2.35. The van der Waals surface area contributed by atoms with Crippen molar-refractivity contribution < 1.29 is 22.3 Å². The Morgan fingerprint density at radius 1 is 1.04 bits per heavy atom. The van der Waals surface area contributed by atoms with E-state index in [2.05, 4.69) is 0 Å². The maximum atomic E-state index is 14.2. The van der Waals surface area contributed by atoms with E-state index in [4.69, 9.17) is 9.47 Å². The van der Waals surface area contributed by atoms with Crippen LogP contribution in [-0.4, -0.2) is 25.6 Å². The zero-order valence-electron chi connectivity index (χ0n) is 14.2. The van der Waals surface area contributed by atoms with E-state index in [9.17, 15) is 12.8 Å². The minimum Gasteiger partial charge on any atom is -0.454 e. The fourth-order valence-electron chi connectivity index (χ4n) is 3.60. The number of fused-ring (bicyclic) bond motifs is 1. The molecule has 5 nitrogen and oxygen atoms in total. The summed E-state index contributed by atoms with van der Waals surface area (Å²) in [6.07, 6.45) is 3.54. The molecule has 1 aliphatic heterocycles. The second-order valence-electron chi connectivity index (χ2n) is 6.61. The second kappa shape index (κ2) is 6.89. The maximum absolute atomic E-state index is 14.2. The highest BCUT2D eigenvalue weighted by molar-refractivity contribution is 7.89. The number of rotatable bonds is 5. The van der Waals surface area contributed by atoms with E-state index in [0.717, 1.165) is 31.2 Å². The summed E-state index contributed by atoms with van der Waals surface area (Å²) in [5.74, 6) is 0.538. The smallest absolute Gasteiger partial charge is 0.246 e. The number of ether oxygens (including phenoxy) is 2. The number of hydrogen-bond donors (Lipinski definition) is 0. The summed E-state index contributed by atoms with van der Waals surface area (Å²) < 4.78 is 52.8. The van der Waals surface area contributed by atoms with E-state index in [-0.39, 0.29) is 24.3 Å². The fourth-order valence-corrected chi connectivity index (χ4v) is 5.34. The molecule has 0 atom stereocenters. The lowest BCUT2D eigenvalue weighted by molar-refractivity contribution is 0.174. The molecule has 2 aromatic rings. The van der Waals surface area contributed by atoms with Gasteiger partial charge >= 0.3 is 0 Å². The minimum atomic E-state index is -3.94. The molecule has 2 aromatic carbocycles. The zero-order valence-corrected chi connectivity index (χ0v) is 15.0. The third-order valence-electron chi connectivity index (χ3n) is 4.93. The third kappa shape index (κ3) is 3.17. The van der Waals surface area contributed by atoms with Crippen LogP contribution in [-0.2, 0) is 16.6 Å². The Kier molecular flexibility index (Phi) is 4.58. The predicted molar refractivity (Wildman–Crippen MR) is 93.9 cm³/mol. The van der Waals surface area contributed by atoms with Gasteiger partial charge in [0.15, 0.2) is 11.5 Å². The Morgan fingerprint density at radius 2 is 1.77 bits per heavy atom.